The van der Waals surface area contributed by atoms with Gasteiger partial charge in [0.2, 0.25) is 10.0 Å². The average molecular weight is 403 g/mol. The highest BCUT2D eigenvalue weighted by molar-refractivity contribution is 7.89. The van der Waals surface area contributed by atoms with Crippen LogP contribution < -0.4 is 4.74 Å². The number of thiophene rings is 1. The lowest BCUT2D eigenvalue weighted by atomic mass is 10.2. The maximum atomic E-state index is 13.4. The highest BCUT2D eigenvalue weighted by Crippen LogP contribution is 2.25. The van der Waals surface area contributed by atoms with Crippen LogP contribution >= 0.6 is 11.3 Å². The molecule has 0 aliphatic heterocycles. The Bertz CT molecular complexity index is 972. The van der Waals surface area contributed by atoms with Crippen molar-refractivity contribution in [1.29, 1.82) is 0 Å². The molecule has 0 atom stereocenters. The molecule has 0 bridgehead atoms. The Hall–Kier alpha value is -2.22. The van der Waals surface area contributed by atoms with E-state index in [1.165, 1.54) is 4.31 Å². The third-order valence-corrected chi connectivity index (χ3v) is 7.21. The summed E-state index contributed by atoms with van der Waals surface area (Å²) in [6.45, 7) is 2.48. The zero-order valence-electron chi connectivity index (χ0n) is 15.3. The maximum absolute atomic E-state index is 13.4. The zero-order valence-corrected chi connectivity index (χ0v) is 17.0. The van der Waals surface area contributed by atoms with Crippen molar-refractivity contribution in [2.75, 3.05) is 13.7 Å². The van der Waals surface area contributed by atoms with Crippen LogP contribution in [0.2, 0.25) is 0 Å². The lowest BCUT2D eigenvalue weighted by Crippen LogP contribution is -2.33. The van der Waals surface area contributed by atoms with Crippen LogP contribution in [0.15, 0.2) is 65.1 Å². The molecule has 0 aliphatic rings. The minimum atomic E-state index is -3.65. The lowest BCUT2D eigenvalue weighted by Gasteiger charge is -2.23. The van der Waals surface area contributed by atoms with Crippen LogP contribution in [0.4, 0.5) is 0 Å². The summed E-state index contributed by atoms with van der Waals surface area (Å²) in [6.07, 6.45) is 4.06. The lowest BCUT2D eigenvalue weighted by molar-refractivity contribution is 0.407. The van der Waals surface area contributed by atoms with Crippen molar-refractivity contribution >= 4 is 21.4 Å². The van der Waals surface area contributed by atoms with Gasteiger partial charge in [-0.2, -0.15) is 4.31 Å². The fourth-order valence-corrected chi connectivity index (χ4v) is 5.18. The molecule has 0 amide bonds. The normalized spacial score (nSPS) is 11.7. The standard InChI is InChI=1S/C20H22N2O3S2/c1-16-13-18(25-2)7-8-20(16)27(23,24)22(11-9-19-6-4-12-26-19)15-17-5-3-10-21-14-17/h3-8,10,12-14H,9,11,15H2,1-2H3. The molecular weight excluding hydrogens is 380 g/mol. The number of pyridine rings is 1. The molecule has 0 radical (unpaired) electrons. The summed E-state index contributed by atoms with van der Waals surface area (Å²) in [6, 6.07) is 12.8. The van der Waals surface area contributed by atoms with E-state index in [9.17, 15) is 8.42 Å². The molecular formula is C20H22N2O3S2. The first-order valence-corrected chi connectivity index (χ1v) is 10.9. The number of hydrogen-bond donors (Lipinski definition) is 0. The van der Waals surface area contributed by atoms with E-state index >= 15 is 0 Å². The van der Waals surface area contributed by atoms with Crippen molar-refractivity contribution in [3.8, 4) is 5.75 Å². The van der Waals surface area contributed by atoms with Gasteiger partial charge >= 0.3 is 0 Å². The molecule has 5 nitrogen and oxygen atoms in total. The van der Waals surface area contributed by atoms with Gasteiger partial charge in [0, 0.05) is 30.4 Å². The van der Waals surface area contributed by atoms with Gasteiger partial charge in [0.25, 0.3) is 0 Å². The molecule has 0 N–H and O–H groups in total. The van der Waals surface area contributed by atoms with Crippen molar-refractivity contribution in [3.63, 3.8) is 0 Å². The first kappa shape index (κ1) is 19.5. The number of aryl methyl sites for hydroxylation is 1. The van der Waals surface area contributed by atoms with Gasteiger partial charge in [-0.15, -0.1) is 11.3 Å². The van der Waals surface area contributed by atoms with Gasteiger partial charge in [-0.3, -0.25) is 4.98 Å². The van der Waals surface area contributed by atoms with Crippen molar-refractivity contribution in [1.82, 2.24) is 9.29 Å². The van der Waals surface area contributed by atoms with Crippen LogP contribution in [0.3, 0.4) is 0 Å². The van der Waals surface area contributed by atoms with Gasteiger partial charge in [-0.05, 0) is 60.2 Å². The summed E-state index contributed by atoms with van der Waals surface area (Å²) >= 11 is 1.64. The Balaban J connectivity index is 1.91. The third kappa shape index (κ3) is 4.74. The Morgan fingerprint density at radius 3 is 2.67 bits per heavy atom. The van der Waals surface area contributed by atoms with Crippen molar-refractivity contribution < 1.29 is 13.2 Å². The fourth-order valence-electron chi connectivity index (χ4n) is 2.85. The van der Waals surface area contributed by atoms with Crippen LogP contribution in [0.5, 0.6) is 5.75 Å². The van der Waals surface area contributed by atoms with E-state index in [1.807, 2.05) is 29.6 Å². The Labute approximate surface area is 164 Å². The first-order chi connectivity index (χ1) is 13.0. The van der Waals surface area contributed by atoms with Crippen LogP contribution in [0, 0.1) is 6.92 Å². The largest absolute Gasteiger partial charge is 0.497 e. The molecule has 3 rings (SSSR count). The van der Waals surface area contributed by atoms with Gasteiger partial charge in [0.05, 0.1) is 12.0 Å². The molecule has 0 saturated heterocycles. The van der Waals surface area contributed by atoms with E-state index < -0.39 is 10.0 Å². The van der Waals surface area contributed by atoms with Crippen molar-refractivity contribution in [2.45, 2.75) is 24.8 Å². The van der Waals surface area contributed by atoms with E-state index in [2.05, 4.69) is 4.98 Å². The highest BCUT2D eigenvalue weighted by atomic mass is 32.2. The number of hydrogen-bond acceptors (Lipinski definition) is 5. The second-order valence-electron chi connectivity index (χ2n) is 6.16. The molecule has 2 heterocycles. The number of nitrogens with zero attached hydrogens (tertiary/aromatic N) is 2. The first-order valence-electron chi connectivity index (χ1n) is 8.57. The molecule has 2 aromatic heterocycles. The Morgan fingerprint density at radius 1 is 1.19 bits per heavy atom. The van der Waals surface area contributed by atoms with Crippen LogP contribution in [0.1, 0.15) is 16.0 Å². The summed E-state index contributed by atoms with van der Waals surface area (Å²) in [7, 11) is -2.09. The molecule has 7 heteroatoms. The summed E-state index contributed by atoms with van der Waals surface area (Å²) in [5.41, 5.74) is 1.53. The smallest absolute Gasteiger partial charge is 0.243 e. The number of ether oxygens (including phenoxy) is 1. The maximum Gasteiger partial charge on any atom is 0.243 e. The monoisotopic (exact) mass is 402 g/mol. The van der Waals surface area contributed by atoms with Crippen LogP contribution in [-0.2, 0) is 23.0 Å². The number of aromatic nitrogens is 1. The van der Waals surface area contributed by atoms with Crippen LogP contribution in [-0.4, -0.2) is 31.4 Å². The molecule has 0 fully saturated rings. The molecule has 0 spiro atoms. The fraction of sp³-hybridized carbons (Fsp3) is 0.250. The summed E-state index contributed by atoms with van der Waals surface area (Å²) < 4.78 is 33.5. The minimum absolute atomic E-state index is 0.285. The van der Waals surface area contributed by atoms with Crippen molar-refractivity contribution in [3.05, 3.63) is 76.2 Å². The third-order valence-electron chi connectivity index (χ3n) is 4.27. The van der Waals surface area contributed by atoms with Gasteiger partial charge in [-0.1, -0.05) is 12.1 Å². The topological polar surface area (TPSA) is 59.5 Å². The Morgan fingerprint density at radius 2 is 2.04 bits per heavy atom. The van der Waals surface area contributed by atoms with Gasteiger partial charge in [0.15, 0.2) is 0 Å². The van der Waals surface area contributed by atoms with E-state index in [-0.39, 0.29) is 6.54 Å². The zero-order chi connectivity index (χ0) is 19.3. The second-order valence-corrected chi connectivity index (χ2v) is 9.10. The second kappa shape index (κ2) is 8.65. The number of methoxy groups -OCH3 is 1. The van der Waals surface area contributed by atoms with Gasteiger partial charge < -0.3 is 4.74 Å². The summed E-state index contributed by atoms with van der Waals surface area (Å²) in [5, 5.41) is 2.00. The van der Waals surface area contributed by atoms with E-state index in [1.54, 1.807) is 56.0 Å². The van der Waals surface area contributed by atoms with E-state index in [0.717, 1.165) is 10.4 Å². The molecule has 0 aliphatic carbocycles. The summed E-state index contributed by atoms with van der Waals surface area (Å²) in [5.74, 6) is 0.642. The SMILES string of the molecule is COc1ccc(S(=O)(=O)N(CCc2cccs2)Cc2cccnc2)c(C)c1. The van der Waals surface area contributed by atoms with Gasteiger partial charge in [0.1, 0.15) is 5.75 Å². The van der Waals surface area contributed by atoms with Crippen molar-refractivity contribution in [2.24, 2.45) is 0 Å². The van der Waals surface area contributed by atoms with E-state index in [4.69, 9.17) is 4.74 Å². The number of rotatable bonds is 8. The summed E-state index contributed by atoms with van der Waals surface area (Å²) in [4.78, 5) is 5.57. The molecule has 142 valence electrons. The minimum Gasteiger partial charge on any atom is -0.497 e. The molecule has 1 aromatic carbocycles. The van der Waals surface area contributed by atoms with E-state index in [0.29, 0.717) is 29.2 Å². The van der Waals surface area contributed by atoms with Gasteiger partial charge in [-0.25, -0.2) is 8.42 Å². The predicted molar refractivity (Wildman–Crippen MR) is 108 cm³/mol. The highest BCUT2D eigenvalue weighted by Gasteiger charge is 2.26. The number of benzene rings is 1. The molecule has 0 unspecified atom stereocenters. The van der Waals surface area contributed by atoms with Crippen LogP contribution in [0.25, 0.3) is 0 Å². The predicted octanol–water partition coefficient (Wildman–Crippen LogP) is 3.89. The number of sulfonamides is 1. The molecule has 3 aromatic rings. The molecule has 0 saturated carbocycles. The molecule has 27 heavy (non-hydrogen) atoms. The average Bonchev–Trinajstić information content (AvgIpc) is 3.19. The quantitative estimate of drug-likeness (QED) is 0.573. The Kier molecular flexibility index (Phi) is 6.26.